The minimum atomic E-state index is -0.644. The predicted molar refractivity (Wildman–Crippen MR) is 87.6 cm³/mol. The van der Waals surface area contributed by atoms with Crippen LogP contribution >= 0.6 is 11.8 Å². The van der Waals surface area contributed by atoms with Crippen LogP contribution in [0.25, 0.3) is 0 Å². The lowest BCUT2D eigenvalue weighted by Gasteiger charge is -2.51. The van der Waals surface area contributed by atoms with Crippen LogP contribution in [0.1, 0.15) is 27.7 Å². The Morgan fingerprint density at radius 2 is 2.17 bits per heavy atom. The van der Waals surface area contributed by atoms with Gasteiger partial charge in [-0.3, -0.25) is 9.69 Å². The first-order valence-electron chi connectivity index (χ1n) is 7.75. The third kappa shape index (κ3) is 2.06. The molecule has 10 heteroatoms. The summed E-state index contributed by atoms with van der Waals surface area (Å²) in [5.74, 6) is 0.677. The van der Waals surface area contributed by atoms with E-state index in [0.717, 1.165) is 11.4 Å². The smallest absolute Gasteiger partial charge is 0.355 e. The van der Waals surface area contributed by atoms with Gasteiger partial charge in [0.1, 0.15) is 28.5 Å². The van der Waals surface area contributed by atoms with E-state index in [1.807, 2.05) is 11.9 Å². The highest BCUT2D eigenvalue weighted by Gasteiger charge is 2.56. The minimum absolute atomic E-state index is 0.203. The molecule has 3 atom stereocenters. The number of fused-ring (bicyclic) bond motifs is 1. The number of hydrogen-bond donors (Lipinski definition) is 2. The Morgan fingerprint density at radius 1 is 1.46 bits per heavy atom. The molecule has 5 rings (SSSR count). The summed E-state index contributed by atoms with van der Waals surface area (Å²) < 4.78 is 5.54. The molecule has 0 aromatic heterocycles. The molecule has 2 saturated heterocycles. The maximum absolute atomic E-state index is 12.8. The zero-order chi connectivity index (χ0) is 17.4. The van der Waals surface area contributed by atoms with Crippen LogP contribution < -0.4 is 11.3 Å². The van der Waals surface area contributed by atoms with E-state index in [2.05, 4.69) is 10.6 Å². The lowest BCUT2D eigenvalue weighted by atomic mass is 10.0. The van der Waals surface area contributed by atoms with Crippen LogP contribution in [-0.2, 0) is 14.3 Å². The number of amidine groups is 1. The van der Waals surface area contributed by atoms with E-state index in [9.17, 15) is 9.59 Å². The first-order valence-corrected chi connectivity index (χ1v) is 8.80. The third-order valence-electron chi connectivity index (χ3n) is 4.23. The summed E-state index contributed by atoms with van der Waals surface area (Å²) in [4.78, 5) is 26.6. The van der Waals surface area contributed by atoms with Gasteiger partial charge in [0.2, 0.25) is 5.91 Å². The summed E-state index contributed by atoms with van der Waals surface area (Å²) in [5.41, 5.74) is 9.38. The highest BCUT2D eigenvalue weighted by atomic mass is 32.2. The summed E-state index contributed by atoms with van der Waals surface area (Å²) in [6.45, 7) is 7.29. The molecule has 2 fully saturated rings. The number of carbonyl (C=O) groups is 2. The van der Waals surface area contributed by atoms with Crippen LogP contribution in [0.2, 0.25) is 0 Å². The summed E-state index contributed by atoms with van der Waals surface area (Å²) >= 11 is 1.57. The van der Waals surface area contributed by atoms with Crippen LogP contribution in [0.15, 0.2) is 16.4 Å². The Bertz CT molecular complexity index is 699. The van der Waals surface area contributed by atoms with Crippen molar-refractivity contribution in [2.24, 2.45) is 10.8 Å². The summed E-state index contributed by atoms with van der Waals surface area (Å²) in [7, 11) is 0. The van der Waals surface area contributed by atoms with E-state index in [0.29, 0.717) is 11.4 Å². The fraction of sp³-hybridized carbons (Fsp3) is 0.643. The van der Waals surface area contributed by atoms with Gasteiger partial charge in [-0.25, -0.2) is 9.80 Å². The van der Waals surface area contributed by atoms with Crippen molar-refractivity contribution < 1.29 is 14.3 Å². The Kier molecular flexibility index (Phi) is 3.19. The van der Waals surface area contributed by atoms with Gasteiger partial charge in [0.25, 0.3) is 0 Å². The van der Waals surface area contributed by atoms with Crippen molar-refractivity contribution in [2.45, 2.75) is 50.9 Å². The summed E-state index contributed by atoms with van der Waals surface area (Å²) in [5, 5.41) is 7.66. The van der Waals surface area contributed by atoms with Crippen molar-refractivity contribution in [1.82, 2.24) is 20.6 Å². The number of carbonyl (C=O) groups excluding carboxylic acids is 2. The Morgan fingerprint density at radius 3 is 2.71 bits per heavy atom. The Balaban J connectivity index is 1.71. The molecule has 5 aliphatic heterocycles. The number of nitrogens with two attached hydrogens (primary N) is 1. The highest BCUT2D eigenvalue weighted by Crippen LogP contribution is 2.44. The molecule has 3 N–H and O–H groups in total. The van der Waals surface area contributed by atoms with Crippen LogP contribution in [0.4, 0.5) is 0 Å². The average Bonchev–Trinajstić information content (AvgIpc) is 2.99. The van der Waals surface area contributed by atoms with Crippen molar-refractivity contribution in [3.63, 3.8) is 0 Å². The molecule has 0 aromatic rings. The molecular formula is C14H20N6O3S. The first kappa shape index (κ1) is 15.7. The van der Waals surface area contributed by atoms with E-state index < -0.39 is 17.6 Å². The van der Waals surface area contributed by atoms with Gasteiger partial charge < -0.3 is 10.5 Å². The minimum Gasteiger partial charge on any atom is -0.455 e. The number of nitrogens with zero attached hydrogens (tertiary/aromatic N) is 4. The molecule has 5 aliphatic rings. The molecule has 0 spiro atoms. The molecule has 24 heavy (non-hydrogen) atoms. The fourth-order valence-electron chi connectivity index (χ4n) is 3.16. The van der Waals surface area contributed by atoms with Gasteiger partial charge >= 0.3 is 5.97 Å². The second kappa shape index (κ2) is 4.87. The molecular weight excluding hydrogens is 332 g/mol. The number of amides is 1. The molecule has 5 heterocycles. The fourth-order valence-corrected chi connectivity index (χ4v) is 4.48. The Labute approximate surface area is 143 Å². The number of nitrogens with one attached hydrogen (secondary N) is 1. The van der Waals surface area contributed by atoms with Crippen LogP contribution in [0, 0.1) is 0 Å². The van der Waals surface area contributed by atoms with E-state index in [1.54, 1.807) is 37.7 Å². The van der Waals surface area contributed by atoms with Gasteiger partial charge in [-0.1, -0.05) is 0 Å². The molecule has 0 saturated carbocycles. The highest BCUT2D eigenvalue weighted by molar-refractivity contribution is 8.00. The normalized spacial score (nSPS) is 31.5. The molecule has 0 aromatic carbocycles. The molecule has 9 nitrogen and oxygen atoms in total. The largest absolute Gasteiger partial charge is 0.455 e. The average molecular weight is 352 g/mol. The van der Waals surface area contributed by atoms with Gasteiger partial charge in [0.05, 0.1) is 0 Å². The van der Waals surface area contributed by atoms with Crippen molar-refractivity contribution >= 4 is 29.5 Å². The SMILES string of the molecule is CC1=NN2NN1C2C1=C(C(=O)OC(C)(C)C)N2C(=O)C(N)[C@@H]2SC1. The van der Waals surface area contributed by atoms with Gasteiger partial charge in [0.15, 0.2) is 6.17 Å². The molecule has 130 valence electrons. The Hall–Kier alpha value is -1.78. The maximum Gasteiger partial charge on any atom is 0.355 e. The molecule has 0 radical (unpaired) electrons. The van der Waals surface area contributed by atoms with E-state index in [-0.39, 0.29) is 17.4 Å². The van der Waals surface area contributed by atoms with E-state index in [1.165, 1.54) is 4.90 Å². The monoisotopic (exact) mass is 352 g/mol. The number of thioether (sulfide) groups is 1. The van der Waals surface area contributed by atoms with Gasteiger partial charge in [-0.05, 0) is 27.7 Å². The second-order valence-electron chi connectivity index (χ2n) is 7.15. The second-order valence-corrected chi connectivity index (χ2v) is 8.25. The number of esters is 1. The molecule has 1 amide bonds. The van der Waals surface area contributed by atoms with Crippen molar-refractivity contribution in [1.29, 1.82) is 0 Å². The number of rotatable bonds is 2. The summed E-state index contributed by atoms with van der Waals surface area (Å²) in [6.07, 6.45) is -0.203. The number of hydrogen-bond acceptors (Lipinski definition) is 9. The summed E-state index contributed by atoms with van der Waals surface area (Å²) in [6, 6.07) is -0.566. The van der Waals surface area contributed by atoms with Crippen molar-refractivity contribution in [3.8, 4) is 0 Å². The van der Waals surface area contributed by atoms with E-state index in [4.69, 9.17) is 10.5 Å². The first-order chi connectivity index (χ1) is 11.2. The molecule has 2 bridgehead atoms. The van der Waals surface area contributed by atoms with Gasteiger partial charge in [0, 0.05) is 11.3 Å². The van der Waals surface area contributed by atoms with Crippen LogP contribution in [-0.4, -0.2) is 61.7 Å². The maximum atomic E-state index is 12.8. The molecule has 0 aliphatic carbocycles. The topological polar surface area (TPSA) is 104 Å². The van der Waals surface area contributed by atoms with Crippen LogP contribution in [0.5, 0.6) is 0 Å². The zero-order valence-corrected chi connectivity index (χ0v) is 14.8. The molecule has 2 unspecified atom stereocenters. The van der Waals surface area contributed by atoms with Crippen LogP contribution in [0.3, 0.4) is 0 Å². The van der Waals surface area contributed by atoms with Gasteiger partial charge in [-0.15, -0.1) is 22.4 Å². The zero-order valence-electron chi connectivity index (χ0n) is 13.9. The number of hydrazine groups is 2. The number of β-lactam (4-membered cyclic amide) rings is 1. The van der Waals surface area contributed by atoms with Crippen molar-refractivity contribution in [2.75, 3.05) is 5.75 Å². The van der Waals surface area contributed by atoms with E-state index >= 15 is 0 Å². The quantitative estimate of drug-likeness (QED) is 0.508. The predicted octanol–water partition coefficient (Wildman–Crippen LogP) is -0.465. The van der Waals surface area contributed by atoms with Gasteiger partial charge in [-0.2, -0.15) is 5.12 Å². The van der Waals surface area contributed by atoms with Crippen molar-refractivity contribution in [3.05, 3.63) is 11.3 Å². The lowest BCUT2D eigenvalue weighted by Crippen LogP contribution is -2.72. The number of hydrazone groups is 1. The third-order valence-corrected chi connectivity index (χ3v) is 5.55. The number of ether oxygens (including phenoxy) is 1. The lowest BCUT2D eigenvalue weighted by molar-refractivity contribution is -0.159. The standard InChI is InChI=1S/C14H20N6O3S/c1-6-16-20-10(19(6)17-20)7-5-24-12-8(15)11(21)18(12)9(7)13(22)23-14(2,3)4/h8,10,12,17H,5,15H2,1-4H3/t8?,10?,12-/m0/s1.